The molecule has 0 unspecified atom stereocenters. The highest BCUT2D eigenvalue weighted by atomic mass is 16.7. The third-order valence-electron chi connectivity index (χ3n) is 4.55. The Balaban J connectivity index is 1.50. The largest absolute Gasteiger partial charge is 0.454 e. The van der Waals surface area contributed by atoms with Gasteiger partial charge in [0.2, 0.25) is 6.79 Å². The molecule has 1 aliphatic carbocycles. The van der Waals surface area contributed by atoms with Crippen molar-refractivity contribution in [1.82, 2.24) is 10.6 Å². The molecule has 1 saturated carbocycles. The lowest BCUT2D eigenvalue weighted by Crippen LogP contribution is -2.40. The van der Waals surface area contributed by atoms with Crippen molar-refractivity contribution in [3.63, 3.8) is 0 Å². The number of aliphatic hydroxyl groups is 1. The van der Waals surface area contributed by atoms with Crippen molar-refractivity contribution in [3.05, 3.63) is 23.8 Å². The van der Waals surface area contributed by atoms with Gasteiger partial charge in [0.25, 0.3) is 0 Å². The van der Waals surface area contributed by atoms with Crippen LogP contribution in [0.5, 0.6) is 11.5 Å². The molecule has 1 fully saturated rings. The molecule has 0 spiro atoms. The summed E-state index contributed by atoms with van der Waals surface area (Å²) in [5, 5.41) is 17.0. The van der Waals surface area contributed by atoms with Gasteiger partial charge in [0.15, 0.2) is 17.5 Å². The van der Waals surface area contributed by atoms with Gasteiger partial charge in [-0.2, -0.15) is 0 Å². The molecule has 24 heavy (non-hydrogen) atoms. The highest BCUT2D eigenvalue weighted by Gasteiger charge is 2.30. The van der Waals surface area contributed by atoms with Gasteiger partial charge in [0.1, 0.15) is 0 Å². The summed E-state index contributed by atoms with van der Waals surface area (Å²) in [6.45, 7) is 4.38. The summed E-state index contributed by atoms with van der Waals surface area (Å²) in [7, 11) is 0. The van der Waals surface area contributed by atoms with Gasteiger partial charge in [0.05, 0.1) is 12.1 Å². The monoisotopic (exact) mass is 333 g/mol. The second-order valence-corrected chi connectivity index (χ2v) is 6.49. The summed E-state index contributed by atoms with van der Waals surface area (Å²) in [5.74, 6) is 2.39. The zero-order valence-electron chi connectivity index (χ0n) is 14.3. The highest BCUT2D eigenvalue weighted by molar-refractivity contribution is 5.79. The first kappa shape index (κ1) is 16.9. The first-order chi connectivity index (χ1) is 11.7. The molecule has 6 nitrogen and oxygen atoms in total. The van der Waals surface area contributed by atoms with Gasteiger partial charge in [-0.25, -0.2) is 0 Å². The van der Waals surface area contributed by atoms with E-state index >= 15 is 0 Å². The number of aliphatic imine (C=N–C) groups is 1. The van der Waals surface area contributed by atoms with Crippen LogP contribution >= 0.6 is 0 Å². The van der Waals surface area contributed by atoms with Crippen LogP contribution in [0, 0.1) is 0 Å². The van der Waals surface area contributed by atoms with Gasteiger partial charge < -0.3 is 25.2 Å². The van der Waals surface area contributed by atoms with Crippen molar-refractivity contribution >= 4 is 5.96 Å². The van der Waals surface area contributed by atoms with E-state index in [1.54, 1.807) is 0 Å². The maximum Gasteiger partial charge on any atom is 0.231 e. The standard InChI is InChI=1S/C18H27N3O3/c1-2-19-17(21-12-18(22)8-3-4-9-18)20-10-7-14-5-6-15-16(11-14)24-13-23-15/h5-6,11,22H,2-4,7-10,12-13H2,1H3,(H2,19,20,21). The van der Waals surface area contributed by atoms with Crippen molar-refractivity contribution in [2.45, 2.75) is 44.6 Å². The first-order valence-electron chi connectivity index (χ1n) is 8.82. The topological polar surface area (TPSA) is 75.1 Å². The van der Waals surface area contributed by atoms with Crippen LogP contribution in [0.1, 0.15) is 38.2 Å². The second-order valence-electron chi connectivity index (χ2n) is 6.49. The predicted molar refractivity (Wildman–Crippen MR) is 93.7 cm³/mol. The molecule has 6 heteroatoms. The van der Waals surface area contributed by atoms with E-state index in [0.29, 0.717) is 13.3 Å². The molecule has 3 N–H and O–H groups in total. The van der Waals surface area contributed by atoms with E-state index < -0.39 is 5.60 Å². The number of benzene rings is 1. The molecule has 3 rings (SSSR count). The molecule has 0 atom stereocenters. The smallest absolute Gasteiger partial charge is 0.231 e. The lowest BCUT2D eigenvalue weighted by atomic mass is 10.0. The third kappa shape index (κ3) is 4.32. The third-order valence-corrected chi connectivity index (χ3v) is 4.55. The predicted octanol–water partition coefficient (Wildman–Crippen LogP) is 1.82. The van der Waals surface area contributed by atoms with Crippen LogP contribution in [0.3, 0.4) is 0 Å². The van der Waals surface area contributed by atoms with E-state index in [2.05, 4.69) is 21.7 Å². The number of rotatable bonds is 6. The number of nitrogens with zero attached hydrogens (tertiary/aromatic N) is 1. The fourth-order valence-corrected chi connectivity index (χ4v) is 3.18. The summed E-state index contributed by atoms with van der Waals surface area (Å²) < 4.78 is 10.7. The SMILES string of the molecule is CCNC(=NCC1(O)CCCC1)NCCc1ccc2c(c1)OCO2. The minimum atomic E-state index is -0.611. The van der Waals surface area contributed by atoms with Gasteiger partial charge in [-0.3, -0.25) is 4.99 Å². The molecule has 132 valence electrons. The van der Waals surface area contributed by atoms with Crippen molar-refractivity contribution < 1.29 is 14.6 Å². The summed E-state index contributed by atoms with van der Waals surface area (Å²) in [4.78, 5) is 4.56. The molecule has 1 heterocycles. The van der Waals surface area contributed by atoms with Gasteiger partial charge in [-0.15, -0.1) is 0 Å². The summed E-state index contributed by atoms with van der Waals surface area (Å²) in [6, 6.07) is 6.03. The Morgan fingerprint density at radius 2 is 2.00 bits per heavy atom. The number of ether oxygens (including phenoxy) is 2. The molecule has 2 aliphatic rings. The molecule has 0 radical (unpaired) electrons. The van der Waals surface area contributed by atoms with Gasteiger partial charge >= 0.3 is 0 Å². The van der Waals surface area contributed by atoms with E-state index in [9.17, 15) is 5.11 Å². The van der Waals surface area contributed by atoms with Crippen molar-refractivity contribution in [3.8, 4) is 11.5 Å². The van der Waals surface area contributed by atoms with Crippen LogP contribution in [-0.4, -0.2) is 43.1 Å². The molecule has 0 aromatic heterocycles. The van der Waals surface area contributed by atoms with E-state index in [1.807, 2.05) is 19.1 Å². The van der Waals surface area contributed by atoms with E-state index in [0.717, 1.165) is 62.7 Å². The molecule has 1 aromatic rings. The zero-order valence-corrected chi connectivity index (χ0v) is 14.3. The quantitative estimate of drug-likeness (QED) is 0.547. The normalized spacial score (nSPS) is 18.7. The van der Waals surface area contributed by atoms with E-state index in [4.69, 9.17) is 9.47 Å². The van der Waals surface area contributed by atoms with Crippen LogP contribution < -0.4 is 20.1 Å². The highest BCUT2D eigenvalue weighted by Crippen LogP contribution is 2.32. The minimum absolute atomic E-state index is 0.303. The average molecular weight is 333 g/mol. The Hall–Kier alpha value is -1.95. The lowest BCUT2D eigenvalue weighted by Gasteiger charge is -2.20. The molecule has 1 aliphatic heterocycles. The van der Waals surface area contributed by atoms with Crippen LogP contribution in [0.2, 0.25) is 0 Å². The fourth-order valence-electron chi connectivity index (χ4n) is 3.18. The van der Waals surface area contributed by atoms with Gasteiger partial charge in [-0.05, 0) is 43.9 Å². The average Bonchev–Trinajstić information content (AvgIpc) is 3.21. The Kier molecular flexibility index (Phi) is 5.45. The van der Waals surface area contributed by atoms with Crippen molar-refractivity contribution in [2.24, 2.45) is 4.99 Å². The number of hydrogen-bond donors (Lipinski definition) is 3. The van der Waals surface area contributed by atoms with Crippen molar-refractivity contribution in [2.75, 3.05) is 26.4 Å². The first-order valence-corrected chi connectivity index (χ1v) is 8.82. The number of nitrogens with one attached hydrogen (secondary N) is 2. The second kappa shape index (κ2) is 7.75. The van der Waals surface area contributed by atoms with Crippen LogP contribution in [-0.2, 0) is 6.42 Å². The molecular weight excluding hydrogens is 306 g/mol. The van der Waals surface area contributed by atoms with E-state index in [-0.39, 0.29) is 0 Å². The summed E-state index contributed by atoms with van der Waals surface area (Å²) in [5.41, 5.74) is 0.580. The summed E-state index contributed by atoms with van der Waals surface area (Å²) in [6.07, 6.45) is 4.77. The van der Waals surface area contributed by atoms with Gasteiger partial charge in [-0.1, -0.05) is 18.9 Å². The number of fused-ring (bicyclic) bond motifs is 1. The Labute approximate surface area is 143 Å². The lowest BCUT2D eigenvalue weighted by molar-refractivity contribution is 0.0574. The molecule has 0 saturated heterocycles. The molecule has 1 aromatic carbocycles. The minimum Gasteiger partial charge on any atom is -0.454 e. The maximum atomic E-state index is 10.4. The van der Waals surface area contributed by atoms with Crippen LogP contribution in [0.15, 0.2) is 23.2 Å². The molecular formula is C18H27N3O3. The van der Waals surface area contributed by atoms with Gasteiger partial charge in [0, 0.05) is 13.1 Å². The Bertz CT molecular complexity index is 583. The Morgan fingerprint density at radius 3 is 2.79 bits per heavy atom. The van der Waals surface area contributed by atoms with E-state index in [1.165, 1.54) is 5.56 Å². The molecule has 0 bridgehead atoms. The molecule has 0 amide bonds. The zero-order chi connectivity index (χ0) is 16.8. The van der Waals surface area contributed by atoms with Crippen LogP contribution in [0.25, 0.3) is 0 Å². The van der Waals surface area contributed by atoms with Crippen LogP contribution in [0.4, 0.5) is 0 Å². The Morgan fingerprint density at radius 1 is 1.21 bits per heavy atom. The number of guanidine groups is 1. The number of hydrogen-bond acceptors (Lipinski definition) is 4. The van der Waals surface area contributed by atoms with Crippen molar-refractivity contribution in [1.29, 1.82) is 0 Å². The summed E-state index contributed by atoms with van der Waals surface area (Å²) >= 11 is 0. The maximum absolute atomic E-state index is 10.4. The fraction of sp³-hybridized carbons (Fsp3) is 0.611.